The van der Waals surface area contributed by atoms with Crippen LogP contribution in [0.4, 0.5) is 0 Å². The Kier molecular flexibility index (Phi) is 9.44. The first-order valence-corrected chi connectivity index (χ1v) is 17.7. The van der Waals surface area contributed by atoms with E-state index in [1.54, 1.807) is 48.5 Å². The van der Waals surface area contributed by atoms with Crippen LogP contribution in [0.25, 0.3) is 11.1 Å². The monoisotopic (exact) mass is 696 g/mol. The Morgan fingerprint density at radius 3 is 1.19 bits per heavy atom. The Morgan fingerprint density at radius 1 is 0.615 bits per heavy atom. The van der Waals surface area contributed by atoms with Gasteiger partial charge in [-0.25, -0.2) is 0 Å². The highest BCUT2D eigenvalue weighted by molar-refractivity contribution is 6.50. The van der Waals surface area contributed by atoms with Crippen LogP contribution in [0.5, 0.6) is 0 Å². The van der Waals surface area contributed by atoms with Crippen LogP contribution in [0.15, 0.2) is 83.0 Å². The van der Waals surface area contributed by atoms with Crippen LogP contribution in [-0.2, 0) is 46.1 Å². The molecule has 0 saturated carbocycles. The molecule has 10 nitrogen and oxygen atoms in total. The van der Waals surface area contributed by atoms with E-state index in [1.807, 2.05) is 27.7 Å². The van der Waals surface area contributed by atoms with Gasteiger partial charge in [-0.2, -0.15) is 10.2 Å². The molecule has 0 bridgehead atoms. The highest BCUT2D eigenvalue weighted by Gasteiger charge is 2.52. The van der Waals surface area contributed by atoms with Gasteiger partial charge >= 0.3 is 11.9 Å². The number of carboxylic acids is 2. The molecule has 6 rings (SSSR count). The molecular weight excluding hydrogens is 652 g/mol. The van der Waals surface area contributed by atoms with Crippen LogP contribution in [0.1, 0.15) is 96.2 Å². The van der Waals surface area contributed by atoms with E-state index in [4.69, 9.17) is 22.5 Å². The maximum Gasteiger partial charge on any atom is 0.319 e. The van der Waals surface area contributed by atoms with E-state index in [-0.39, 0.29) is 35.7 Å². The molecule has 0 spiro atoms. The van der Waals surface area contributed by atoms with Gasteiger partial charge in [-0.15, -0.1) is 0 Å². The van der Waals surface area contributed by atoms with Crippen molar-refractivity contribution >= 4 is 34.8 Å². The molecule has 2 unspecified atom stereocenters. The van der Waals surface area contributed by atoms with Gasteiger partial charge < -0.3 is 21.9 Å². The maximum atomic E-state index is 13.6. The first kappa shape index (κ1) is 35.9. The predicted octanol–water partition coefficient (Wildman–Crippen LogP) is 6.52. The van der Waals surface area contributed by atoms with Gasteiger partial charge in [-0.1, -0.05) is 100 Å². The third-order valence-corrected chi connectivity index (χ3v) is 11.1. The molecule has 4 aromatic rings. The van der Waals surface area contributed by atoms with Crippen molar-refractivity contribution in [3.8, 4) is 11.1 Å². The summed E-state index contributed by atoms with van der Waals surface area (Å²) in [6, 6.07) is 22.5. The van der Waals surface area contributed by atoms with Crippen LogP contribution in [0.2, 0.25) is 0 Å². The summed E-state index contributed by atoms with van der Waals surface area (Å²) < 4.78 is 0. The summed E-state index contributed by atoms with van der Waals surface area (Å²) in [5, 5.41) is 47.6. The maximum absolute atomic E-state index is 13.6. The summed E-state index contributed by atoms with van der Waals surface area (Å²) in [5.74, 6) is 9.50. The molecule has 4 aromatic carbocycles. The number of aryl methyl sites for hydroxylation is 4. The van der Waals surface area contributed by atoms with E-state index >= 15 is 0 Å². The lowest BCUT2D eigenvalue weighted by Gasteiger charge is -2.40. The molecule has 0 radical (unpaired) electrons. The normalized spacial score (nSPS) is 21.2. The number of carbonyl (C=O) groups is 2. The molecule has 52 heavy (non-hydrogen) atoms. The van der Waals surface area contributed by atoms with E-state index in [0.717, 1.165) is 33.4 Å². The molecular formula is C42H44N6O4. The van der Waals surface area contributed by atoms with Crippen LogP contribution in [-0.4, -0.2) is 45.0 Å². The number of fused-ring (bicyclic) bond motifs is 2. The average Bonchev–Trinajstić information content (AvgIpc) is 3.17. The van der Waals surface area contributed by atoms with Gasteiger partial charge in [-0.3, -0.25) is 20.4 Å². The number of nitrogens with zero attached hydrogens (tertiary/aromatic N) is 2. The molecule has 8 N–H and O–H groups in total. The molecule has 0 amide bonds. The summed E-state index contributed by atoms with van der Waals surface area (Å²) in [5.41, 5.74) is 6.42. The minimum absolute atomic E-state index is 0.0486. The van der Waals surface area contributed by atoms with E-state index in [1.165, 1.54) is 0 Å². The van der Waals surface area contributed by atoms with Gasteiger partial charge in [0, 0.05) is 24.0 Å². The molecule has 0 fully saturated rings. The van der Waals surface area contributed by atoms with Gasteiger partial charge in [0.15, 0.2) is 0 Å². The molecule has 0 aromatic heterocycles. The van der Waals surface area contributed by atoms with Crippen LogP contribution in [0, 0.1) is 10.8 Å². The van der Waals surface area contributed by atoms with Crippen molar-refractivity contribution in [3.63, 3.8) is 0 Å². The van der Waals surface area contributed by atoms with Crippen molar-refractivity contribution in [3.05, 3.63) is 128 Å². The second-order valence-corrected chi connectivity index (χ2v) is 13.5. The fourth-order valence-electron chi connectivity index (χ4n) is 8.67. The third kappa shape index (κ3) is 5.15. The van der Waals surface area contributed by atoms with Crippen LogP contribution < -0.4 is 11.7 Å². The number of hydrazone groups is 2. The van der Waals surface area contributed by atoms with E-state index in [0.29, 0.717) is 59.1 Å². The summed E-state index contributed by atoms with van der Waals surface area (Å²) in [6.07, 6.45) is 2.09. The number of aliphatic carboxylic acids is 2. The Morgan fingerprint density at radius 2 is 0.923 bits per heavy atom. The van der Waals surface area contributed by atoms with Crippen molar-refractivity contribution in [2.75, 3.05) is 0 Å². The van der Waals surface area contributed by atoms with Gasteiger partial charge in [-0.05, 0) is 81.3 Å². The molecule has 2 atom stereocenters. The molecule has 0 aliphatic heterocycles. The fraction of sp³-hybridized carbons (Fsp3) is 0.286. The topological polar surface area (TPSA) is 199 Å². The number of nitrogens with one attached hydrogen (secondary N) is 2. The van der Waals surface area contributed by atoms with Gasteiger partial charge in [0.2, 0.25) is 0 Å². The zero-order valence-electron chi connectivity index (χ0n) is 29.9. The zero-order chi connectivity index (χ0) is 37.5. The number of hydrogen-bond donors (Lipinski definition) is 6. The van der Waals surface area contributed by atoms with Crippen molar-refractivity contribution in [2.45, 2.75) is 77.0 Å². The largest absolute Gasteiger partial charge is 0.480 e. The lowest BCUT2D eigenvalue weighted by molar-refractivity contribution is -0.143. The first-order chi connectivity index (χ1) is 25.0. The molecule has 2 aliphatic rings. The average molecular weight is 697 g/mol. The van der Waals surface area contributed by atoms with E-state index < -0.39 is 22.8 Å². The summed E-state index contributed by atoms with van der Waals surface area (Å²) in [6.45, 7) is 8.04. The minimum atomic E-state index is -1.51. The standard InChI is InChI=1S/C42H44N6O4/c1-5-23-17-27(18-24(6-2)35(23)41(39(49)50)21-33(47-45)37(43)29-13-9-11-15-31(29)41)28-19-25(7-3)36(26(8-4)20-28)42(40(51)52)22-34(48-46)38(44)30-14-10-12-16-32(30)42/h9-20,43-44H,5-8,21-22,45-46H2,1-4H3,(H,49,50)(H,51,52). The molecule has 10 heteroatoms. The molecule has 0 saturated heterocycles. The minimum Gasteiger partial charge on any atom is -0.480 e. The SMILES string of the molecule is CCc1cc(-c2cc(CC)c(C3(C(=O)O)CC(=NN)C(=N)c4ccccc43)c(CC)c2)cc(CC)c1C1(C(=O)O)CC(=NN)C(=N)c2ccccc21. The number of carboxylic acid groups (broad SMARTS) is 2. The second kappa shape index (κ2) is 13.7. The first-order valence-electron chi connectivity index (χ1n) is 17.7. The molecule has 0 heterocycles. The Hall–Kier alpha value is -5.90. The van der Waals surface area contributed by atoms with Gasteiger partial charge in [0.05, 0.1) is 22.8 Å². The Balaban J connectivity index is 1.62. The lowest BCUT2D eigenvalue weighted by atomic mass is 9.61. The third-order valence-electron chi connectivity index (χ3n) is 11.1. The van der Waals surface area contributed by atoms with Crippen LogP contribution in [0.3, 0.4) is 0 Å². The molecule has 266 valence electrons. The fourth-order valence-corrected chi connectivity index (χ4v) is 8.67. The summed E-state index contributed by atoms with van der Waals surface area (Å²) in [4.78, 5) is 27.3. The van der Waals surface area contributed by atoms with Crippen molar-refractivity contribution in [2.24, 2.45) is 21.9 Å². The van der Waals surface area contributed by atoms with Crippen molar-refractivity contribution < 1.29 is 19.8 Å². The Bertz CT molecular complexity index is 2030. The number of hydrogen-bond acceptors (Lipinski definition) is 8. The number of benzene rings is 4. The second-order valence-electron chi connectivity index (χ2n) is 13.5. The molecule has 2 aliphatic carbocycles. The highest BCUT2D eigenvalue weighted by atomic mass is 16.4. The lowest BCUT2D eigenvalue weighted by Crippen LogP contribution is -2.47. The van der Waals surface area contributed by atoms with Gasteiger partial charge in [0.25, 0.3) is 0 Å². The highest BCUT2D eigenvalue weighted by Crippen LogP contribution is 2.49. The number of nitrogens with two attached hydrogens (primary N) is 2. The van der Waals surface area contributed by atoms with E-state index in [2.05, 4.69) is 34.5 Å². The van der Waals surface area contributed by atoms with E-state index in [9.17, 15) is 19.8 Å². The zero-order valence-corrected chi connectivity index (χ0v) is 29.9. The van der Waals surface area contributed by atoms with Crippen molar-refractivity contribution in [1.29, 1.82) is 10.8 Å². The Labute approximate surface area is 303 Å². The summed E-state index contributed by atoms with van der Waals surface area (Å²) in [7, 11) is 0. The quantitative estimate of drug-likeness (QED) is 0.0850. The van der Waals surface area contributed by atoms with Crippen molar-refractivity contribution in [1.82, 2.24) is 0 Å². The smallest absolute Gasteiger partial charge is 0.319 e. The van der Waals surface area contributed by atoms with Crippen LogP contribution >= 0.6 is 0 Å². The van der Waals surface area contributed by atoms with Gasteiger partial charge in [0.1, 0.15) is 10.8 Å². The number of rotatable bonds is 9. The summed E-state index contributed by atoms with van der Waals surface area (Å²) >= 11 is 0. The predicted molar refractivity (Wildman–Crippen MR) is 205 cm³/mol.